The van der Waals surface area contributed by atoms with E-state index in [1.54, 1.807) is 10.9 Å². The first-order chi connectivity index (χ1) is 4.34. The molecule has 2 nitrogen and oxygen atoms in total. The molecular weight excluding hydrogens is 112 g/mol. The van der Waals surface area contributed by atoms with Crippen LogP contribution in [0.25, 0.3) is 0 Å². The third-order valence-electron chi connectivity index (χ3n) is 1.21. The van der Waals surface area contributed by atoms with E-state index in [4.69, 9.17) is 6.42 Å². The average Bonchev–Trinajstić information content (AvgIpc) is 2.18. The Morgan fingerprint density at radius 3 is 3.11 bits per heavy atom. The van der Waals surface area contributed by atoms with Crippen molar-refractivity contribution in [1.82, 2.24) is 9.78 Å². The van der Waals surface area contributed by atoms with Gasteiger partial charge in [0.05, 0.1) is 6.42 Å². The summed E-state index contributed by atoms with van der Waals surface area (Å²) in [5, 5.41) is 3.96. The Labute approximate surface area is 54.5 Å². The van der Waals surface area contributed by atoms with Gasteiger partial charge >= 0.3 is 0 Å². The lowest BCUT2D eigenvalue weighted by atomic mass is 10.3. The Bertz CT molecular complexity index is 229. The van der Waals surface area contributed by atoms with Crippen LogP contribution in [-0.4, -0.2) is 9.78 Å². The molecule has 0 amide bonds. The second kappa shape index (κ2) is 2.36. The highest BCUT2D eigenvalue weighted by atomic mass is 15.2. The minimum absolute atomic E-state index is 0.663. The standard InChI is InChI=1S/C7H8N2/c1-3-4-7-5-6-8-9(7)2/h1,5-6H,4H2,2H3. The van der Waals surface area contributed by atoms with Crippen molar-refractivity contribution in [3.05, 3.63) is 18.0 Å². The van der Waals surface area contributed by atoms with Gasteiger partial charge in [0.2, 0.25) is 0 Å². The van der Waals surface area contributed by atoms with Crippen LogP contribution >= 0.6 is 0 Å². The maximum Gasteiger partial charge on any atom is 0.0508 e. The van der Waals surface area contributed by atoms with Crippen LogP contribution in [0.5, 0.6) is 0 Å². The first kappa shape index (κ1) is 5.90. The smallest absolute Gasteiger partial charge is 0.0508 e. The highest BCUT2D eigenvalue weighted by Gasteiger charge is 1.92. The monoisotopic (exact) mass is 120 g/mol. The average molecular weight is 120 g/mol. The van der Waals surface area contributed by atoms with Gasteiger partial charge in [0.15, 0.2) is 0 Å². The van der Waals surface area contributed by atoms with Crippen LogP contribution in [-0.2, 0) is 13.5 Å². The minimum atomic E-state index is 0.663. The molecule has 1 aromatic rings. The maximum atomic E-state index is 5.10. The van der Waals surface area contributed by atoms with Crippen LogP contribution in [0.3, 0.4) is 0 Å². The Morgan fingerprint density at radius 2 is 2.67 bits per heavy atom. The number of rotatable bonds is 1. The van der Waals surface area contributed by atoms with Gasteiger partial charge in [-0.15, -0.1) is 12.3 Å². The summed E-state index contributed by atoms with van der Waals surface area (Å²) in [4.78, 5) is 0. The molecule has 46 valence electrons. The van der Waals surface area contributed by atoms with Crippen LogP contribution in [0.1, 0.15) is 5.69 Å². The van der Waals surface area contributed by atoms with E-state index in [0.29, 0.717) is 6.42 Å². The fraction of sp³-hybridized carbons (Fsp3) is 0.286. The molecule has 0 N–H and O–H groups in total. The molecular formula is C7H8N2. The number of aryl methyl sites for hydroxylation is 1. The Hall–Kier alpha value is -1.23. The topological polar surface area (TPSA) is 17.8 Å². The SMILES string of the molecule is C#CCc1ccnn1C. The van der Waals surface area contributed by atoms with Gasteiger partial charge in [-0.2, -0.15) is 5.10 Å². The van der Waals surface area contributed by atoms with E-state index in [2.05, 4.69) is 11.0 Å². The van der Waals surface area contributed by atoms with Crippen molar-refractivity contribution in [2.45, 2.75) is 6.42 Å². The molecule has 1 rings (SSSR count). The summed E-state index contributed by atoms with van der Waals surface area (Å²) in [6.45, 7) is 0. The summed E-state index contributed by atoms with van der Waals surface area (Å²) in [7, 11) is 1.88. The highest BCUT2D eigenvalue weighted by Crippen LogP contribution is 1.94. The quantitative estimate of drug-likeness (QED) is 0.496. The Morgan fingerprint density at radius 1 is 1.89 bits per heavy atom. The first-order valence-electron chi connectivity index (χ1n) is 2.75. The van der Waals surface area contributed by atoms with Crippen LogP contribution in [0.2, 0.25) is 0 Å². The summed E-state index contributed by atoms with van der Waals surface area (Å²) >= 11 is 0. The fourth-order valence-electron chi connectivity index (χ4n) is 0.679. The zero-order valence-electron chi connectivity index (χ0n) is 5.33. The number of nitrogens with zero attached hydrogens (tertiary/aromatic N) is 2. The highest BCUT2D eigenvalue weighted by molar-refractivity contribution is 5.08. The van der Waals surface area contributed by atoms with Crippen molar-refractivity contribution in [2.24, 2.45) is 7.05 Å². The molecule has 0 radical (unpaired) electrons. The molecule has 0 saturated carbocycles. The van der Waals surface area contributed by atoms with Gasteiger partial charge in [-0.05, 0) is 6.07 Å². The second-order valence-electron chi connectivity index (χ2n) is 1.83. The van der Waals surface area contributed by atoms with Gasteiger partial charge in [-0.25, -0.2) is 0 Å². The van der Waals surface area contributed by atoms with Gasteiger partial charge in [0.1, 0.15) is 0 Å². The zero-order valence-corrected chi connectivity index (χ0v) is 5.33. The van der Waals surface area contributed by atoms with Crippen molar-refractivity contribution >= 4 is 0 Å². The Balaban J connectivity index is 2.84. The fourth-order valence-corrected chi connectivity index (χ4v) is 0.679. The minimum Gasteiger partial charge on any atom is -0.272 e. The second-order valence-corrected chi connectivity index (χ2v) is 1.83. The molecule has 0 aliphatic heterocycles. The lowest BCUT2D eigenvalue weighted by Crippen LogP contribution is -1.95. The third kappa shape index (κ3) is 1.11. The molecule has 0 unspecified atom stereocenters. The van der Waals surface area contributed by atoms with Crippen LogP contribution in [0, 0.1) is 12.3 Å². The molecule has 0 fully saturated rings. The summed E-state index contributed by atoms with van der Waals surface area (Å²) in [6.07, 6.45) is 7.50. The lowest BCUT2D eigenvalue weighted by Gasteiger charge is -1.92. The van der Waals surface area contributed by atoms with Gasteiger partial charge in [-0.3, -0.25) is 4.68 Å². The van der Waals surface area contributed by atoms with Crippen LogP contribution < -0.4 is 0 Å². The molecule has 0 spiro atoms. The van der Waals surface area contributed by atoms with E-state index in [-0.39, 0.29) is 0 Å². The largest absolute Gasteiger partial charge is 0.272 e. The van der Waals surface area contributed by atoms with Crippen molar-refractivity contribution in [1.29, 1.82) is 0 Å². The predicted octanol–water partition coefficient (Wildman–Crippen LogP) is 0.596. The number of terminal acetylenes is 1. The van der Waals surface area contributed by atoms with E-state index in [1.807, 2.05) is 13.1 Å². The number of hydrogen-bond acceptors (Lipinski definition) is 1. The van der Waals surface area contributed by atoms with E-state index >= 15 is 0 Å². The summed E-state index contributed by atoms with van der Waals surface area (Å²) in [5.41, 5.74) is 1.08. The maximum absolute atomic E-state index is 5.10. The first-order valence-corrected chi connectivity index (χ1v) is 2.75. The lowest BCUT2D eigenvalue weighted by molar-refractivity contribution is 0.730. The van der Waals surface area contributed by atoms with Crippen LogP contribution in [0.15, 0.2) is 12.3 Å². The van der Waals surface area contributed by atoms with Crippen molar-refractivity contribution < 1.29 is 0 Å². The van der Waals surface area contributed by atoms with E-state index in [9.17, 15) is 0 Å². The summed E-state index contributed by atoms with van der Waals surface area (Å²) in [5.74, 6) is 2.55. The van der Waals surface area contributed by atoms with Gasteiger partial charge in [0.25, 0.3) is 0 Å². The van der Waals surface area contributed by atoms with Crippen LogP contribution in [0.4, 0.5) is 0 Å². The van der Waals surface area contributed by atoms with E-state index in [0.717, 1.165) is 5.69 Å². The molecule has 9 heavy (non-hydrogen) atoms. The summed E-state index contributed by atoms with van der Waals surface area (Å²) in [6, 6.07) is 1.92. The van der Waals surface area contributed by atoms with E-state index < -0.39 is 0 Å². The molecule has 0 aromatic carbocycles. The molecule has 0 atom stereocenters. The predicted molar refractivity (Wildman–Crippen MR) is 35.7 cm³/mol. The van der Waals surface area contributed by atoms with Crippen molar-refractivity contribution in [3.63, 3.8) is 0 Å². The van der Waals surface area contributed by atoms with Gasteiger partial charge in [0, 0.05) is 18.9 Å². The molecule has 0 saturated heterocycles. The molecule has 2 heteroatoms. The Kier molecular flexibility index (Phi) is 1.55. The summed E-state index contributed by atoms with van der Waals surface area (Å²) < 4.78 is 1.78. The van der Waals surface area contributed by atoms with Crippen molar-refractivity contribution in [2.75, 3.05) is 0 Å². The molecule has 0 aliphatic rings. The normalized spacial score (nSPS) is 8.89. The van der Waals surface area contributed by atoms with E-state index in [1.165, 1.54) is 0 Å². The van der Waals surface area contributed by atoms with Gasteiger partial charge < -0.3 is 0 Å². The molecule has 1 heterocycles. The number of hydrogen-bond donors (Lipinski definition) is 0. The zero-order chi connectivity index (χ0) is 6.69. The third-order valence-corrected chi connectivity index (χ3v) is 1.21. The number of aromatic nitrogens is 2. The van der Waals surface area contributed by atoms with Gasteiger partial charge in [-0.1, -0.05) is 0 Å². The molecule has 0 aliphatic carbocycles. The molecule has 0 bridgehead atoms. The molecule has 1 aromatic heterocycles. The van der Waals surface area contributed by atoms with Crippen molar-refractivity contribution in [3.8, 4) is 12.3 Å².